The highest BCUT2D eigenvalue weighted by molar-refractivity contribution is 7.98. The largest absolute Gasteiger partial charge is 0.481 e. The lowest BCUT2D eigenvalue weighted by Crippen LogP contribution is -2.52. The number of benzene rings is 1. The van der Waals surface area contributed by atoms with Crippen LogP contribution in [0, 0.1) is 5.92 Å². The minimum atomic E-state index is -1.26. The predicted molar refractivity (Wildman–Crippen MR) is 247 cm³/mol. The number of Topliss-reactive ketones (excluding diaryl/α,β-unsaturated/α-hetero) is 1. The number of fused-ring (bicyclic) bond motifs is 1. The number of amides is 5. The second kappa shape index (κ2) is 27.5. The molecule has 0 radical (unpaired) electrons. The Kier molecular flexibility index (Phi) is 22.3. The normalized spacial score (nSPS) is 19.8. The number of unbranched alkanes of at least 4 members (excludes halogenated alkanes) is 1. The lowest BCUT2D eigenvalue weighted by molar-refractivity contribution is -0.142. The van der Waals surface area contributed by atoms with Gasteiger partial charge >= 0.3 is 23.9 Å². The highest BCUT2D eigenvalue weighted by atomic mass is 32.2. The van der Waals surface area contributed by atoms with Crippen molar-refractivity contribution in [1.29, 1.82) is 0 Å². The van der Waals surface area contributed by atoms with Crippen molar-refractivity contribution < 1.29 is 68.4 Å². The van der Waals surface area contributed by atoms with E-state index < -0.39 is 59.6 Å². The zero-order chi connectivity index (χ0) is 49.9. The first-order valence-electron chi connectivity index (χ1n) is 23.0. The standard InChI is InChI=1S/C45H66N8O14S/c1-29-22-38(56)53(44(29)65)14-4-3-8-35(45(66)67)47-37(55)10-9-36(54)34(12-21-68-2)48-43(64)33-7-5-6-30-24-52(15-11-32(30)33)39(57)26-50-18-17-49(27-41(60)61)16-13-46-31(23-40(58)59)25-51(20-19-50)28-42(62)63/h5-7,29,31,34-35,46H,3-4,8-28H2,1-2H3,(H,47,55)(H,48,64)(H,58,59)(H,60,61)(H,62,63)(H,66,67)/t29?,31?,34-,35-/m0/s1. The first-order valence-corrected chi connectivity index (χ1v) is 24.4. The number of rotatable bonds is 24. The number of aliphatic carboxylic acids is 4. The number of hydrogen-bond donors (Lipinski definition) is 7. The topological polar surface area (TPSA) is 304 Å². The summed E-state index contributed by atoms with van der Waals surface area (Å²) in [6.07, 6.45) is 2.51. The van der Waals surface area contributed by atoms with E-state index in [1.54, 1.807) is 33.8 Å². The van der Waals surface area contributed by atoms with Gasteiger partial charge in [0.05, 0.1) is 32.1 Å². The quantitative estimate of drug-likeness (QED) is 0.0504. The Morgan fingerprint density at radius 1 is 0.794 bits per heavy atom. The van der Waals surface area contributed by atoms with E-state index in [1.165, 1.54) is 16.7 Å². The molecule has 3 heterocycles. The monoisotopic (exact) mass is 974 g/mol. The van der Waals surface area contributed by atoms with Gasteiger partial charge in [-0.1, -0.05) is 19.1 Å². The Morgan fingerprint density at radius 3 is 2.10 bits per heavy atom. The second-order valence-electron chi connectivity index (χ2n) is 17.5. The van der Waals surface area contributed by atoms with Gasteiger partial charge in [-0.05, 0) is 61.3 Å². The van der Waals surface area contributed by atoms with E-state index in [1.807, 2.05) is 17.2 Å². The third-order valence-corrected chi connectivity index (χ3v) is 12.9. The summed E-state index contributed by atoms with van der Waals surface area (Å²) in [7, 11) is 0. The van der Waals surface area contributed by atoms with Gasteiger partial charge in [0.25, 0.3) is 5.91 Å². The van der Waals surface area contributed by atoms with Crippen LogP contribution in [0.1, 0.15) is 79.8 Å². The van der Waals surface area contributed by atoms with Crippen molar-refractivity contribution in [3.63, 3.8) is 0 Å². The van der Waals surface area contributed by atoms with Crippen LogP contribution in [-0.2, 0) is 56.1 Å². The molecule has 0 bridgehead atoms. The number of hydrogen-bond acceptors (Lipinski definition) is 15. The van der Waals surface area contributed by atoms with E-state index in [-0.39, 0.29) is 141 Å². The van der Waals surface area contributed by atoms with Gasteiger partial charge in [0.15, 0.2) is 5.78 Å². The number of nitrogens with zero attached hydrogens (tertiary/aromatic N) is 5. The van der Waals surface area contributed by atoms with Crippen molar-refractivity contribution in [2.45, 2.75) is 89.4 Å². The van der Waals surface area contributed by atoms with Crippen molar-refractivity contribution in [2.75, 3.05) is 90.5 Å². The lowest BCUT2D eigenvalue weighted by Gasteiger charge is -2.34. The highest BCUT2D eigenvalue weighted by Crippen LogP contribution is 2.24. The van der Waals surface area contributed by atoms with Gasteiger partial charge in [-0.15, -0.1) is 0 Å². The van der Waals surface area contributed by atoms with Crippen LogP contribution >= 0.6 is 11.8 Å². The fraction of sp³-hybridized carbons (Fsp3) is 0.644. The van der Waals surface area contributed by atoms with Crippen LogP contribution in [0.5, 0.6) is 0 Å². The van der Waals surface area contributed by atoms with Gasteiger partial charge in [0, 0.05) is 102 Å². The molecule has 0 spiro atoms. The molecule has 1 aromatic carbocycles. The summed E-state index contributed by atoms with van der Waals surface area (Å²) in [5.41, 5.74) is 1.77. The molecule has 2 fully saturated rings. The smallest absolute Gasteiger partial charge is 0.326 e. The number of nitrogens with one attached hydrogen (secondary N) is 3. The molecule has 7 N–H and O–H groups in total. The molecule has 0 aromatic heterocycles. The maximum Gasteiger partial charge on any atom is 0.326 e. The average molecular weight is 975 g/mol. The molecule has 376 valence electrons. The third kappa shape index (κ3) is 17.9. The Balaban J connectivity index is 1.35. The lowest BCUT2D eigenvalue weighted by atomic mass is 9.93. The first-order chi connectivity index (χ1) is 32.3. The van der Waals surface area contributed by atoms with Crippen LogP contribution < -0.4 is 16.0 Å². The van der Waals surface area contributed by atoms with Crippen molar-refractivity contribution in [2.24, 2.45) is 5.92 Å². The number of carbonyl (C=O) groups excluding carboxylic acids is 6. The van der Waals surface area contributed by atoms with Crippen molar-refractivity contribution in [3.05, 3.63) is 34.9 Å². The molecule has 2 saturated heterocycles. The SMILES string of the molecule is CSCC[C@H](NC(=O)c1cccc2c1CCN(C(=O)CN1CCN(CC(=O)O)CCNC(CC(=O)O)CN(CC(=O)O)CC1)C2)C(=O)CCC(=O)N[C@@H](CCCCN1C(=O)CC(C)C1=O)C(=O)O. The second-order valence-corrected chi connectivity index (χ2v) is 18.5. The number of likely N-dealkylation sites (tertiary alicyclic amines) is 1. The van der Waals surface area contributed by atoms with Crippen LogP contribution in [-0.4, -0.2) is 213 Å². The number of carboxylic acids is 4. The van der Waals surface area contributed by atoms with Crippen LogP contribution in [0.4, 0.5) is 0 Å². The van der Waals surface area contributed by atoms with Gasteiger partial charge < -0.3 is 41.3 Å². The zero-order valence-electron chi connectivity index (χ0n) is 38.8. The van der Waals surface area contributed by atoms with Crippen LogP contribution in [0.3, 0.4) is 0 Å². The van der Waals surface area contributed by atoms with Crippen LogP contribution in [0.15, 0.2) is 18.2 Å². The van der Waals surface area contributed by atoms with Crippen molar-refractivity contribution in [3.8, 4) is 0 Å². The van der Waals surface area contributed by atoms with E-state index in [0.717, 1.165) is 5.56 Å². The van der Waals surface area contributed by atoms with E-state index in [9.17, 15) is 68.4 Å². The Bertz CT molecular complexity index is 2010. The molecule has 4 atom stereocenters. The number of carboxylic acid groups (broad SMARTS) is 4. The van der Waals surface area contributed by atoms with Gasteiger partial charge in [-0.3, -0.25) is 62.8 Å². The number of imide groups is 1. The molecule has 1 aromatic rings. The molecule has 0 saturated carbocycles. The summed E-state index contributed by atoms with van der Waals surface area (Å²) < 4.78 is 0. The zero-order valence-corrected chi connectivity index (χ0v) is 39.6. The fourth-order valence-corrected chi connectivity index (χ4v) is 9.09. The first kappa shape index (κ1) is 55.1. The van der Waals surface area contributed by atoms with Crippen LogP contribution in [0.2, 0.25) is 0 Å². The summed E-state index contributed by atoms with van der Waals surface area (Å²) in [5, 5.41) is 46.8. The third-order valence-electron chi connectivity index (χ3n) is 12.3. The molecule has 3 aliphatic rings. The molecule has 68 heavy (non-hydrogen) atoms. The van der Waals surface area contributed by atoms with E-state index in [2.05, 4.69) is 16.0 Å². The summed E-state index contributed by atoms with van der Waals surface area (Å²) in [6.45, 7) is 3.28. The van der Waals surface area contributed by atoms with Crippen LogP contribution in [0.25, 0.3) is 0 Å². The number of carbonyl (C=O) groups is 10. The fourth-order valence-electron chi connectivity index (χ4n) is 8.62. The molecule has 0 aliphatic carbocycles. The molecular formula is C45H66N8O14S. The Labute approximate surface area is 399 Å². The van der Waals surface area contributed by atoms with Crippen molar-refractivity contribution >= 4 is 71.0 Å². The maximum absolute atomic E-state index is 13.9. The molecular weight excluding hydrogens is 909 g/mol. The Morgan fingerprint density at radius 2 is 1.47 bits per heavy atom. The van der Waals surface area contributed by atoms with Gasteiger partial charge in [-0.2, -0.15) is 11.8 Å². The summed E-state index contributed by atoms with van der Waals surface area (Å²) in [5.74, 6) is -6.62. The van der Waals surface area contributed by atoms with Gasteiger partial charge in [0.1, 0.15) is 6.04 Å². The molecule has 5 amide bonds. The number of thioether (sulfide) groups is 1. The molecule has 22 nitrogen and oxygen atoms in total. The van der Waals surface area contributed by atoms with E-state index in [4.69, 9.17) is 0 Å². The maximum atomic E-state index is 13.9. The van der Waals surface area contributed by atoms with E-state index in [0.29, 0.717) is 42.7 Å². The molecule has 4 rings (SSSR count). The predicted octanol–water partition coefficient (Wildman–Crippen LogP) is -0.571. The summed E-state index contributed by atoms with van der Waals surface area (Å²) >= 11 is 1.47. The highest BCUT2D eigenvalue weighted by Gasteiger charge is 2.35. The van der Waals surface area contributed by atoms with Gasteiger partial charge in [0.2, 0.25) is 23.6 Å². The molecule has 3 aliphatic heterocycles. The van der Waals surface area contributed by atoms with Crippen molar-refractivity contribution in [1.82, 2.24) is 40.4 Å². The molecule has 23 heteroatoms. The minimum absolute atomic E-state index is 0.0560. The summed E-state index contributed by atoms with van der Waals surface area (Å²) in [6, 6.07) is 2.36. The average Bonchev–Trinajstić information content (AvgIpc) is 3.52. The number of ketones is 1. The van der Waals surface area contributed by atoms with E-state index >= 15 is 0 Å². The molecule has 2 unspecified atom stereocenters. The minimum Gasteiger partial charge on any atom is -0.481 e. The summed E-state index contributed by atoms with van der Waals surface area (Å²) in [4.78, 5) is 133. The Hall–Kier alpha value is -5.49. The van der Waals surface area contributed by atoms with Gasteiger partial charge in [-0.25, -0.2) is 4.79 Å².